The standard InChI is InChI=1S/C12H16BrFO2/c1-2-12(7-15,8-16)6-9-3-4-10(14)5-11(9)13/h3-5,15-16H,2,6-8H2,1H3. The van der Waals surface area contributed by atoms with Crippen molar-refractivity contribution in [3.63, 3.8) is 0 Å². The van der Waals surface area contributed by atoms with Crippen LogP contribution in [0.5, 0.6) is 0 Å². The van der Waals surface area contributed by atoms with E-state index in [9.17, 15) is 14.6 Å². The molecule has 1 aromatic carbocycles. The van der Waals surface area contributed by atoms with Gasteiger partial charge in [0.15, 0.2) is 0 Å². The third-order valence-electron chi connectivity index (χ3n) is 3.00. The van der Waals surface area contributed by atoms with Crippen molar-refractivity contribution in [2.75, 3.05) is 13.2 Å². The highest BCUT2D eigenvalue weighted by Gasteiger charge is 2.27. The first kappa shape index (κ1) is 13.6. The van der Waals surface area contributed by atoms with Crippen LogP contribution in [0.3, 0.4) is 0 Å². The molecule has 0 radical (unpaired) electrons. The molecule has 2 N–H and O–H groups in total. The first-order valence-electron chi connectivity index (χ1n) is 5.22. The van der Waals surface area contributed by atoms with Gasteiger partial charge in [0.2, 0.25) is 0 Å². The molecular weight excluding hydrogens is 275 g/mol. The van der Waals surface area contributed by atoms with Crippen molar-refractivity contribution in [1.82, 2.24) is 0 Å². The maximum atomic E-state index is 12.9. The van der Waals surface area contributed by atoms with E-state index in [1.165, 1.54) is 12.1 Å². The predicted molar refractivity (Wildman–Crippen MR) is 64.7 cm³/mol. The molecule has 0 saturated heterocycles. The number of benzene rings is 1. The van der Waals surface area contributed by atoms with E-state index in [1.807, 2.05) is 6.92 Å². The molecule has 90 valence electrons. The normalized spacial score (nSPS) is 11.8. The zero-order chi connectivity index (χ0) is 12.2. The van der Waals surface area contributed by atoms with E-state index < -0.39 is 5.41 Å². The molecule has 0 aliphatic rings. The molecule has 0 fully saturated rings. The Bertz CT molecular complexity index is 343. The lowest BCUT2D eigenvalue weighted by atomic mass is 9.81. The highest BCUT2D eigenvalue weighted by molar-refractivity contribution is 9.10. The molecule has 1 rings (SSSR count). The van der Waals surface area contributed by atoms with Crippen molar-refractivity contribution in [3.8, 4) is 0 Å². The summed E-state index contributed by atoms with van der Waals surface area (Å²) in [5, 5.41) is 18.7. The second-order valence-electron chi connectivity index (χ2n) is 4.08. The highest BCUT2D eigenvalue weighted by atomic mass is 79.9. The average Bonchev–Trinajstić information content (AvgIpc) is 2.29. The summed E-state index contributed by atoms with van der Waals surface area (Å²) in [5.41, 5.74) is 0.367. The fraction of sp³-hybridized carbons (Fsp3) is 0.500. The van der Waals surface area contributed by atoms with Crippen molar-refractivity contribution < 1.29 is 14.6 Å². The van der Waals surface area contributed by atoms with Crippen LogP contribution < -0.4 is 0 Å². The number of halogens is 2. The van der Waals surface area contributed by atoms with Gasteiger partial charge in [-0.2, -0.15) is 0 Å². The van der Waals surface area contributed by atoms with E-state index in [0.29, 0.717) is 17.3 Å². The minimum absolute atomic E-state index is 0.0795. The Morgan fingerprint density at radius 2 is 1.94 bits per heavy atom. The third kappa shape index (κ3) is 3.03. The molecular formula is C12H16BrFO2. The molecule has 0 aliphatic carbocycles. The Balaban J connectivity index is 2.93. The number of rotatable bonds is 5. The van der Waals surface area contributed by atoms with Crippen LogP contribution in [0, 0.1) is 11.2 Å². The molecule has 0 saturated carbocycles. The van der Waals surface area contributed by atoms with Crippen LogP contribution in [0.4, 0.5) is 4.39 Å². The van der Waals surface area contributed by atoms with Gasteiger partial charge in [-0.1, -0.05) is 28.9 Å². The van der Waals surface area contributed by atoms with Crippen LogP contribution in [0.1, 0.15) is 18.9 Å². The molecule has 1 aromatic rings. The molecule has 0 spiro atoms. The fourth-order valence-electron chi connectivity index (χ4n) is 1.58. The average molecular weight is 291 g/mol. The van der Waals surface area contributed by atoms with Gasteiger partial charge in [-0.05, 0) is 30.5 Å². The Kier molecular flexibility index (Phi) is 4.89. The minimum atomic E-state index is -0.527. The van der Waals surface area contributed by atoms with Crippen LogP contribution >= 0.6 is 15.9 Å². The second kappa shape index (κ2) is 5.75. The molecule has 0 aliphatic heterocycles. The Morgan fingerprint density at radius 3 is 2.38 bits per heavy atom. The molecule has 2 nitrogen and oxygen atoms in total. The summed E-state index contributed by atoms with van der Waals surface area (Å²) in [4.78, 5) is 0. The number of aliphatic hydroxyl groups is 2. The van der Waals surface area contributed by atoms with Crippen molar-refractivity contribution in [3.05, 3.63) is 34.1 Å². The maximum absolute atomic E-state index is 12.9. The van der Waals surface area contributed by atoms with Crippen molar-refractivity contribution >= 4 is 15.9 Å². The summed E-state index contributed by atoms with van der Waals surface area (Å²) in [6, 6.07) is 4.45. The molecule has 0 amide bonds. The van der Waals surface area contributed by atoms with Crippen LogP contribution in [0.25, 0.3) is 0 Å². The molecule has 16 heavy (non-hydrogen) atoms. The van der Waals surface area contributed by atoms with E-state index >= 15 is 0 Å². The van der Waals surface area contributed by atoms with Gasteiger partial charge < -0.3 is 10.2 Å². The monoisotopic (exact) mass is 290 g/mol. The van der Waals surface area contributed by atoms with Crippen molar-refractivity contribution in [2.24, 2.45) is 5.41 Å². The van der Waals surface area contributed by atoms with Gasteiger partial charge in [0.1, 0.15) is 5.82 Å². The molecule has 0 bridgehead atoms. The number of aliphatic hydroxyl groups excluding tert-OH is 2. The third-order valence-corrected chi connectivity index (χ3v) is 3.74. The van der Waals surface area contributed by atoms with Gasteiger partial charge in [0.25, 0.3) is 0 Å². The molecule has 0 aromatic heterocycles. The fourth-order valence-corrected chi connectivity index (χ4v) is 2.07. The summed E-state index contributed by atoms with van der Waals surface area (Å²) in [7, 11) is 0. The summed E-state index contributed by atoms with van der Waals surface area (Å²) in [6.45, 7) is 1.76. The smallest absolute Gasteiger partial charge is 0.124 e. The molecule has 4 heteroatoms. The molecule has 0 heterocycles. The topological polar surface area (TPSA) is 40.5 Å². The lowest BCUT2D eigenvalue weighted by Gasteiger charge is -2.28. The second-order valence-corrected chi connectivity index (χ2v) is 4.94. The lowest BCUT2D eigenvalue weighted by Crippen LogP contribution is -2.31. The van der Waals surface area contributed by atoms with Crippen molar-refractivity contribution in [1.29, 1.82) is 0 Å². The largest absolute Gasteiger partial charge is 0.396 e. The summed E-state index contributed by atoms with van der Waals surface area (Å²) in [6.07, 6.45) is 1.20. The zero-order valence-electron chi connectivity index (χ0n) is 9.21. The van der Waals surface area contributed by atoms with E-state index in [4.69, 9.17) is 0 Å². The van der Waals surface area contributed by atoms with E-state index in [1.54, 1.807) is 6.07 Å². The van der Waals surface area contributed by atoms with Gasteiger partial charge in [0, 0.05) is 9.89 Å². The van der Waals surface area contributed by atoms with Gasteiger partial charge in [0.05, 0.1) is 13.2 Å². The Hall–Kier alpha value is -0.450. The van der Waals surface area contributed by atoms with Gasteiger partial charge in [-0.15, -0.1) is 0 Å². The molecule has 0 unspecified atom stereocenters. The van der Waals surface area contributed by atoms with Crippen molar-refractivity contribution in [2.45, 2.75) is 19.8 Å². The zero-order valence-corrected chi connectivity index (χ0v) is 10.8. The van der Waals surface area contributed by atoms with Gasteiger partial charge in [-0.25, -0.2) is 4.39 Å². The predicted octanol–water partition coefficient (Wildman–Crippen LogP) is 2.51. The Labute approximate surface area is 103 Å². The van der Waals surface area contributed by atoms with Gasteiger partial charge in [-0.3, -0.25) is 0 Å². The first-order valence-corrected chi connectivity index (χ1v) is 6.02. The van der Waals surface area contributed by atoms with Crippen LogP contribution in [0.2, 0.25) is 0 Å². The highest BCUT2D eigenvalue weighted by Crippen LogP contribution is 2.30. The van der Waals surface area contributed by atoms with E-state index in [-0.39, 0.29) is 19.0 Å². The van der Waals surface area contributed by atoms with Crippen LogP contribution in [0.15, 0.2) is 22.7 Å². The minimum Gasteiger partial charge on any atom is -0.396 e. The lowest BCUT2D eigenvalue weighted by molar-refractivity contribution is 0.0513. The van der Waals surface area contributed by atoms with E-state index in [2.05, 4.69) is 15.9 Å². The van der Waals surface area contributed by atoms with Crippen LogP contribution in [-0.4, -0.2) is 23.4 Å². The van der Waals surface area contributed by atoms with Crippen LogP contribution in [-0.2, 0) is 6.42 Å². The summed E-state index contributed by atoms with van der Waals surface area (Å²) >= 11 is 3.28. The SMILES string of the molecule is CCC(CO)(CO)Cc1ccc(F)cc1Br. The quantitative estimate of drug-likeness (QED) is 0.875. The number of hydrogen-bond acceptors (Lipinski definition) is 2. The van der Waals surface area contributed by atoms with E-state index in [0.717, 1.165) is 5.56 Å². The Morgan fingerprint density at radius 1 is 1.31 bits per heavy atom. The van der Waals surface area contributed by atoms with Gasteiger partial charge >= 0.3 is 0 Å². The maximum Gasteiger partial charge on any atom is 0.124 e. The number of hydrogen-bond donors (Lipinski definition) is 2. The summed E-state index contributed by atoms with van der Waals surface area (Å²) < 4.78 is 13.6. The first-order chi connectivity index (χ1) is 7.56. The summed E-state index contributed by atoms with van der Waals surface area (Å²) in [5.74, 6) is -0.300. The molecule has 0 atom stereocenters.